The smallest absolute Gasteiger partial charge is 0.246 e. The molecule has 2 fully saturated rings. The predicted octanol–water partition coefficient (Wildman–Crippen LogP) is 3.56. The van der Waals surface area contributed by atoms with E-state index >= 15 is 0 Å². The number of nitrogens with two attached hydrogens (primary N) is 1. The molecule has 34 heavy (non-hydrogen) atoms. The molecule has 9 nitrogen and oxygen atoms in total. The molecular formula is C23H30FN9S. The lowest BCUT2D eigenvalue weighted by molar-refractivity contribution is 0.313. The van der Waals surface area contributed by atoms with E-state index < -0.39 is 5.82 Å². The number of aryl methyl sites for hydroxylation is 1. The van der Waals surface area contributed by atoms with Crippen molar-refractivity contribution in [3.8, 4) is 10.6 Å². The van der Waals surface area contributed by atoms with Crippen molar-refractivity contribution in [3.05, 3.63) is 36.0 Å². The van der Waals surface area contributed by atoms with Gasteiger partial charge in [-0.25, -0.2) is 35.2 Å². The number of hydrazine groups is 1. The summed E-state index contributed by atoms with van der Waals surface area (Å²) in [6.07, 6.45) is 7.70. The summed E-state index contributed by atoms with van der Waals surface area (Å²) in [5.74, 6) is 6.45. The number of pyridine rings is 1. The van der Waals surface area contributed by atoms with Crippen molar-refractivity contribution in [2.45, 2.75) is 38.6 Å². The van der Waals surface area contributed by atoms with Gasteiger partial charge >= 0.3 is 0 Å². The van der Waals surface area contributed by atoms with E-state index in [1.807, 2.05) is 19.1 Å². The Bertz CT molecular complexity index is 1120. The third kappa shape index (κ3) is 4.82. The molecular weight excluding hydrogens is 453 g/mol. The second-order valence-electron chi connectivity index (χ2n) is 8.96. The van der Waals surface area contributed by atoms with E-state index in [0.29, 0.717) is 16.7 Å². The average molecular weight is 484 g/mol. The molecule has 2 aliphatic rings. The lowest BCUT2D eigenvalue weighted by atomic mass is 10.2. The number of rotatable bonds is 6. The Kier molecular flexibility index (Phi) is 6.57. The zero-order valence-electron chi connectivity index (χ0n) is 19.5. The van der Waals surface area contributed by atoms with Crippen LogP contribution < -0.4 is 21.1 Å². The highest BCUT2D eigenvalue weighted by Gasteiger charge is 2.22. The molecule has 4 heterocycles. The van der Waals surface area contributed by atoms with Crippen LogP contribution in [0.2, 0.25) is 0 Å². The minimum Gasteiger partial charge on any atom is -0.368 e. The van der Waals surface area contributed by atoms with E-state index in [-0.39, 0.29) is 11.6 Å². The van der Waals surface area contributed by atoms with Crippen LogP contribution >= 0.6 is 11.3 Å². The lowest BCUT2D eigenvalue weighted by Crippen LogP contribution is -2.44. The summed E-state index contributed by atoms with van der Waals surface area (Å²) in [4.78, 5) is 22.9. The Morgan fingerprint density at radius 2 is 1.85 bits per heavy atom. The lowest BCUT2D eigenvalue weighted by Gasteiger charge is -2.33. The molecule has 3 aromatic rings. The number of aromatic nitrogens is 4. The van der Waals surface area contributed by atoms with Crippen LogP contribution in [0, 0.1) is 12.7 Å². The zero-order valence-corrected chi connectivity index (χ0v) is 20.4. The largest absolute Gasteiger partial charge is 0.368 e. The van der Waals surface area contributed by atoms with Crippen LogP contribution in [-0.4, -0.2) is 64.1 Å². The number of anilines is 4. The number of hydrogen-bond donors (Lipinski definition) is 2. The number of likely N-dealkylation sites (N-methyl/N-ethyl adjacent to an activating group) is 1. The molecule has 0 atom stereocenters. The first-order valence-corrected chi connectivity index (χ1v) is 12.5. The van der Waals surface area contributed by atoms with Gasteiger partial charge in [0, 0.05) is 32.2 Å². The summed E-state index contributed by atoms with van der Waals surface area (Å²) in [5.41, 5.74) is 1.98. The average Bonchev–Trinajstić information content (AvgIpc) is 3.49. The van der Waals surface area contributed by atoms with Gasteiger partial charge in [0.05, 0.1) is 28.7 Å². The Labute approximate surface area is 202 Å². The number of nitrogens with one attached hydrogen (secondary N) is 1. The highest BCUT2D eigenvalue weighted by molar-refractivity contribution is 7.19. The van der Waals surface area contributed by atoms with Gasteiger partial charge in [-0.1, -0.05) is 24.2 Å². The summed E-state index contributed by atoms with van der Waals surface area (Å²) in [6.45, 7) is 5.82. The number of hydrogen-bond acceptors (Lipinski definition) is 10. The third-order valence-electron chi connectivity index (χ3n) is 6.49. The van der Waals surface area contributed by atoms with Gasteiger partial charge in [-0.2, -0.15) is 0 Å². The minimum absolute atomic E-state index is 0.175. The third-order valence-corrected chi connectivity index (χ3v) is 7.58. The van der Waals surface area contributed by atoms with Gasteiger partial charge in [0.2, 0.25) is 5.95 Å². The van der Waals surface area contributed by atoms with Gasteiger partial charge in [-0.05, 0) is 38.9 Å². The maximum absolute atomic E-state index is 14.8. The molecule has 1 aliphatic heterocycles. The van der Waals surface area contributed by atoms with Crippen molar-refractivity contribution in [2.24, 2.45) is 5.84 Å². The summed E-state index contributed by atoms with van der Waals surface area (Å²) < 4.78 is 14.8. The van der Waals surface area contributed by atoms with Crippen molar-refractivity contribution in [2.75, 3.05) is 48.5 Å². The SMILES string of the molecule is Cc1nc(NC2CCCC2)sc1-c1nc(N(N)c2ccc(N3CCN(C)CC3)cn2)ncc1F. The van der Waals surface area contributed by atoms with Gasteiger partial charge in [0.15, 0.2) is 10.9 Å². The van der Waals surface area contributed by atoms with Crippen LogP contribution in [0.5, 0.6) is 0 Å². The first kappa shape index (κ1) is 22.9. The maximum atomic E-state index is 14.8. The van der Waals surface area contributed by atoms with Gasteiger partial charge in [0.1, 0.15) is 11.5 Å². The van der Waals surface area contributed by atoms with Crippen molar-refractivity contribution in [1.82, 2.24) is 24.8 Å². The monoisotopic (exact) mass is 483 g/mol. The molecule has 5 rings (SSSR count). The normalized spacial score (nSPS) is 17.4. The molecule has 1 saturated carbocycles. The van der Waals surface area contributed by atoms with Crippen LogP contribution in [-0.2, 0) is 0 Å². The second kappa shape index (κ2) is 9.77. The Balaban J connectivity index is 1.34. The van der Waals surface area contributed by atoms with E-state index in [2.05, 4.69) is 42.1 Å². The van der Waals surface area contributed by atoms with Crippen LogP contribution in [0.3, 0.4) is 0 Å². The van der Waals surface area contributed by atoms with E-state index in [4.69, 9.17) is 5.84 Å². The molecule has 0 amide bonds. The second-order valence-corrected chi connectivity index (χ2v) is 9.96. The molecule has 1 saturated heterocycles. The topological polar surface area (TPSA) is 99.3 Å². The molecule has 11 heteroatoms. The maximum Gasteiger partial charge on any atom is 0.246 e. The highest BCUT2D eigenvalue weighted by Crippen LogP contribution is 2.35. The first-order valence-electron chi connectivity index (χ1n) is 11.7. The first-order chi connectivity index (χ1) is 16.5. The molecule has 3 aromatic heterocycles. The molecule has 0 bridgehead atoms. The molecule has 1 aliphatic carbocycles. The summed E-state index contributed by atoms with van der Waals surface area (Å²) in [6, 6.07) is 4.26. The van der Waals surface area contributed by atoms with Gasteiger partial charge in [-0.3, -0.25) is 0 Å². The standard InChI is InChI=1S/C23H30FN9S/c1-15-21(34-23(28-15)29-16-5-3-4-6-16)20-18(24)14-27-22(30-20)33(25)19-8-7-17(13-26-19)32-11-9-31(2)10-12-32/h7-8,13-14,16H,3-6,9-12,25H2,1-2H3,(H,28,29). The molecule has 180 valence electrons. The molecule has 0 radical (unpaired) electrons. The van der Waals surface area contributed by atoms with Crippen molar-refractivity contribution < 1.29 is 4.39 Å². The fraction of sp³-hybridized carbons (Fsp3) is 0.478. The Morgan fingerprint density at radius 1 is 1.09 bits per heavy atom. The Morgan fingerprint density at radius 3 is 2.56 bits per heavy atom. The summed E-state index contributed by atoms with van der Waals surface area (Å²) in [7, 11) is 2.13. The van der Waals surface area contributed by atoms with E-state index in [1.165, 1.54) is 29.2 Å². The quantitative estimate of drug-likeness (QED) is 0.403. The zero-order chi connectivity index (χ0) is 23.7. The van der Waals surface area contributed by atoms with E-state index in [1.54, 1.807) is 6.20 Å². The molecule has 0 spiro atoms. The van der Waals surface area contributed by atoms with Crippen LogP contribution in [0.15, 0.2) is 24.5 Å². The van der Waals surface area contributed by atoms with E-state index in [0.717, 1.165) is 61.7 Å². The van der Waals surface area contributed by atoms with Crippen molar-refractivity contribution in [3.63, 3.8) is 0 Å². The van der Waals surface area contributed by atoms with E-state index in [9.17, 15) is 4.39 Å². The Hall–Kier alpha value is -2.89. The van der Waals surface area contributed by atoms with Crippen LogP contribution in [0.1, 0.15) is 31.4 Å². The number of thiazole rings is 1. The van der Waals surface area contributed by atoms with Crippen LogP contribution in [0.4, 0.5) is 27.0 Å². The van der Waals surface area contributed by atoms with Crippen molar-refractivity contribution >= 4 is 33.9 Å². The van der Waals surface area contributed by atoms with Gasteiger partial charge < -0.3 is 15.1 Å². The fourth-order valence-electron chi connectivity index (χ4n) is 4.43. The van der Waals surface area contributed by atoms with Crippen molar-refractivity contribution in [1.29, 1.82) is 0 Å². The minimum atomic E-state index is -0.505. The molecule has 0 unspecified atom stereocenters. The fourth-order valence-corrected chi connectivity index (χ4v) is 5.47. The molecule has 3 N–H and O–H groups in total. The summed E-state index contributed by atoms with van der Waals surface area (Å²) >= 11 is 1.41. The van der Waals surface area contributed by atoms with Gasteiger partial charge in [-0.15, -0.1) is 0 Å². The number of nitrogens with zero attached hydrogens (tertiary/aromatic N) is 7. The number of halogens is 1. The summed E-state index contributed by atoms with van der Waals surface area (Å²) in [5, 5.41) is 5.56. The highest BCUT2D eigenvalue weighted by atomic mass is 32.1. The predicted molar refractivity (Wildman–Crippen MR) is 134 cm³/mol. The number of piperazine rings is 1. The van der Waals surface area contributed by atoms with Crippen LogP contribution in [0.25, 0.3) is 10.6 Å². The van der Waals surface area contributed by atoms with Gasteiger partial charge in [0.25, 0.3) is 0 Å². The molecule has 0 aromatic carbocycles.